The molecule has 1 saturated heterocycles. The van der Waals surface area contributed by atoms with E-state index < -0.39 is 5.79 Å². The first-order valence-electron chi connectivity index (χ1n) is 5.68. The molecule has 1 rings (SSSR count). The molecule has 0 aromatic carbocycles. The molecule has 0 unspecified atom stereocenters. The van der Waals surface area contributed by atoms with Gasteiger partial charge in [0.1, 0.15) is 6.10 Å². The summed E-state index contributed by atoms with van der Waals surface area (Å²) in [5, 5.41) is 0. The topological polar surface area (TPSA) is 57.2 Å². The zero-order valence-electron chi connectivity index (χ0n) is 10.9. The molecule has 0 aliphatic carbocycles. The maximum Gasteiger partial charge on any atom is 0.409 e. The van der Waals surface area contributed by atoms with Crippen molar-refractivity contribution in [3.05, 3.63) is 0 Å². The van der Waals surface area contributed by atoms with Crippen LogP contribution in [0, 0.1) is 0 Å². The van der Waals surface area contributed by atoms with Gasteiger partial charge < -0.3 is 23.8 Å². The zero-order chi connectivity index (χ0) is 12.9. The fraction of sp³-hybridized carbons (Fsp3) is 0.909. The van der Waals surface area contributed by atoms with Gasteiger partial charge in [-0.3, -0.25) is 0 Å². The lowest BCUT2D eigenvalue weighted by molar-refractivity contribution is -0.281. The standard InChI is InChI=1S/C11H21NO5/c1-5-17-10(13)12-7-6-11(15-3,16-4)9(8-12)14-2/h9H,5-8H2,1-4H3/t9-/m0/s1. The number of carbonyl (C=O) groups is 1. The summed E-state index contributed by atoms with van der Waals surface area (Å²) in [7, 11) is 4.73. The van der Waals surface area contributed by atoms with Gasteiger partial charge in [-0.05, 0) is 6.92 Å². The first-order valence-corrected chi connectivity index (χ1v) is 5.68. The number of rotatable bonds is 4. The van der Waals surface area contributed by atoms with Crippen LogP contribution in [-0.4, -0.2) is 63.9 Å². The van der Waals surface area contributed by atoms with Crippen molar-refractivity contribution in [1.29, 1.82) is 0 Å². The highest BCUT2D eigenvalue weighted by Gasteiger charge is 2.45. The maximum absolute atomic E-state index is 11.6. The van der Waals surface area contributed by atoms with E-state index in [1.807, 2.05) is 0 Å². The Hall–Kier alpha value is -0.850. The molecule has 1 aliphatic rings. The quantitative estimate of drug-likeness (QED) is 0.689. The number of hydrogen-bond donors (Lipinski definition) is 0. The molecule has 1 heterocycles. The van der Waals surface area contributed by atoms with Crippen LogP contribution in [0.2, 0.25) is 0 Å². The molecule has 0 saturated carbocycles. The molecule has 6 heteroatoms. The van der Waals surface area contributed by atoms with Crippen molar-refractivity contribution in [2.24, 2.45) is 0 Å². The minimum Gasteiger partial charge on any atom is -0.450 e. The molecule has 0 spiro atoms. The van der Waals surface area contributed by atoms with Gasteiger partial charge in [0.05, 0.1) is 13.2 Å². The van der Waals surface area contributed by atoms with Crippen LogP contribution in [0.4, 0.5) is 4.79 Å². The van der Waals surface area contributed by atoms with Crippen molar-refractivity contribution in [3.63, 3.8) is 0 Å². The van der Waals surface area contributed by atoms with E-state index in [-0.39, 0.29) is 12.2 Å². The van der Waals surface area contributed by atoms with Gasteiger partial charge in [-0.2, -0.15) is 0 Å². The molecular formula is C11H21NO5. The summed E-state index contributed by atoms with van der Waals surface area (Å²) < 4.78 is 21.1. The summed E-state index contributed by atoms with van der Waals surface area (Å²) in [6.07, 6.45) is -0.0943. The number of hydrogen-bond acceptors (Lipinski definition) is 5. The van der Waals surface area contributed by atoms with Gasteiger partial charge in [0, 0.05) is 34.3 Å². The van der Waals surface area contributed by atoms with Crippen LogP contribution < -0.4 is 0 Å². The van der Waals surface area contributed by atoms with Gasteiger partial charge in [-0.15, -0.1) is 0 Å². The van der Waals surface area contributed by atoms with Crippen molar-refractivity contribution in [2.45, 2.75) is 25.2 Å². The van der Waals surface area contributed by atoms with Crippen LogP contribution in [0.3, 0.4) is 0 Å². The third-order valence-electron chi connectivity index (χ3n) is 3.11. The summed E-state index contributed by atoms with van der Waals surface area (Å²) in [4.78, 5) is 13.2. The first kappa shape index (κ1) is 14.2. The average molecular weight is 247 g/mol. The average Bonchev–Trinajstić information content (AvgIpc) is 2.38. The molecule has 0 aromatic rings. The van der Waals surface area contributed by atoms with E-state index in [2.05, 4.69) is 0 Å². The van der Waals surface area contributed by atoms with E-state index in [4.69, 9.17) is 18.9 Å². The van der Waals surface area contributed by atoms with Crippen LogP contribution in [-0.2, 0) is 18.9 Å². The Morgan fingerprint density at radius 3 is 2.47 bits per heavy atom. The summed E-state index contributed by atoms with van der Waals surface area (Å²) in [5.41, 5.74) is 0. The van der Waals surface area contributed by atoms with E-state index >= 15 is 0 Å². The van der Waals surface area contributed by atoms with Crippen LogP contribution in [0.5, 0.6) is 0 Å². The summed E-state index contributed by atoms with van der Waals surface area (Å²) >= 11 is 0. The second-order valence-electron chi connectivity index (χ2n) is 3.84. The molecule has 6 nitrogen and oxygen atoms in total. The van der Waals surface area contributed by atoms with E-state index in [0.717, 1.165) is 0 Å². The SMILES string of the molecule is CCOC(=O)N1CCC(OC)(OC)[C@@H](OC)C1. The number of amides is 1. The van der Waals surface area contributed by atoms with E-state index in [0.29, 0.717) is 26.1 Å². The van der Waals surface area contributed by atoms with E-state index in [1.54, 1.807) is 33.2 Å². The predicted molar refractivity (Wildman–Crippen MR) is 60.8 cm³/mol. The fourth-order valence-electron chi connectivity index (χ4n) is 2.07. The van der Waals surface area contributed by atoms with Gasteiger partial charge in [0.15, 0.2) is 5.79 Å². The largest absolute Gasteiger partial charge is 0.450 e. The molecule has 1 atom stereocenters. The lowest BCUT2D eigenvalue weighted by Gasteiger charge is -2.44. The minimum absolute atomic E-state index is 0.323. The van der Waals surface area contributed by atoms with E-state index in [9.17, 15) is 4.79 Å². The molecule has 1 aliphatic heterocycles. The van der Waals surface area contributed by atoms with Crippen molar-refractivity contribution in [1.82, 2.24) is 4.90 Å². The maximum atomic E-state index is 11.6. The third-order valence-corrected chi connectivity index (χ3v) is 3.11. The van der Waals surface area contributed by atoms with Crippen LogP contribution >= 0.6 is 0 Å². The Morgan fingerprint density at radius 2 is 2.00 bits per heavy atom. The van der Waals surface area contributed by atoms with Gasteiger partial charge in [0.25, 0.3) is 0 Å². The molecule has 0 bridgehead atoms. The molecule has 0 radical (unpaired) electrons. The van der Waals surface area contributed by atoms with Gasteiger partial charge in [0.2, 0.25) is 0 Å². The van der Waals surface area contributed by atoms with E-state index in [1.165, 1.54) is 0 Å². The van der Waals surface area contributed by atoms with Crippen molar-refractivity contribution < 1.29 is 23.7 Å². The molecule has 1 fully saturated rings. The molecule has 100 valence electrons. The number of ether oxygens (including phenoxy) is 4. The Bertz CT molecular complexity index is 254. The van der Waals surface area contributed by atoms with Gasteiger partial charge in [-0.1, -0.05) is 0 Å². The highest BCUT2D eigenvalue weighted by Crippen LogP contribution is 2.29. The first-order chi connectivity index (χ1) is 8.13. The lowest BCUT2D eigenvalue weighted by Crippen LogP contribution is -2.59. The zero-order valence-corrected chi connectivity index (χ0v) is 10.9. The lowest BCUT2D eigenvalue weighted by atomic mass is 10.0. The smallest absolute Gasteiger partial charge is 0.409 e. The number of methoxy groups -OCH3 is 3. The number of likely N-dealkylation sites (tertiary alicyclic amines) is 1. The Balaban J connectivity index is 2.69. The van der Waals surface area contributed by atoms with Crippen LogP contribution in [0.15, 0.2) is 0 Å². The third kappa shape index (κ3) is 2.88. The summed E-state index contributed by atoms with van der Waals surface area (Å²) in [6.45, 7) is 3.08. The van der Waals surface area contributed by atoms with Crippen LogP contribution in [0.1, 0.15) is 13.3 Å². The second-order valence-corrected chi connectivity index (χ2v) is 3.84. The van der Waals surface area contributed by atoms with Gasteiger partial charge in [-0.25, -0.2) is 4.79 Å². The normalized spacial score (nSPS) is 23.5. The van der Waals surface area contributed by atoms with Crippen molar-refractivity contribution in [3.8, 4) is 0 Å². The fourth-order valence-corrected chi connectivity index (χ4v) is 2.07. The second kappa shape index (κ2) is 6.18. The predicted octanol–water partition coefficient (Wildman–Crippen LogP) is 0.853. The molecular weight excluding hydrogens is 226 g/mol. The number of carbonyl (C=O) groups excluding carboxylic acids is 1. The Morgan fingerprint density at radius 1 is 1.35 bits per heavy atom. The number of piperidine rings is 1. The molecule has 1 amide bonds. The number of nitrogens with zero attached hydrogens (tertiary/aromatic N) is 1. The summed E-state index contributed by atoms with van der Waals surface area (Å²) in [5.74, 6) is -0.780. The molecule has 0 aromatic heterocycles. The highest BCUT2D eigenvalue weighted by molar-refractivity contribution is 5.67. The van der Waals surface area contributed by atoms with Crippen molar-refractivity contribution in [2.75, 3.05) is 41.0 Å². The van der Waals surface area contributed by atoms with Crippen molar-refractivity contribution >= 4 is 6.09 Å². The minimum atomic E-state index is -0.780. The van der Waals surface area contributed by atoms with Gasteiger partial charge >= 0.3 is 6.09 Å². The highest BCUT2D eigenvalue weighted by atomic mass is 16.7. The Labute approximate surface area is 102 Å². The summed E-state index contributed by atoms with van der Waals surface area (Å²) in [6, 6.07) is 0. The monoisotopic (exact) mass is 247 g/mol. The molecule has 17 heavy (non-hydrogen) atoms. The Kier molecular flexibility index (Phi) is 5.17. The van der Waals surface area contributed by atoms with Crippen LogP contribution in [0.25, 0.3) is 0 Å². The molecule has 0 N–H and O–H groups in total.